The van der Waals surface area contributed by atoms with Gasteiger partial charge in [-0.3, -0.25) is 10.2 Å². The second kappa shape index (κ2) is 8.27. The maximum Gasteiger partial charge on any atom is 0.422 e. The number of aliphatic carboxylic acids is 1. The van der Waals surface area contributed by atoms with Crippen molar-refractivity contribution in [2.45, 2.75) is 51.7 Å². The van der Waals surface area contributed by atoms with Gasteiger partial charge in [0, 0.05) is 5.92 Å². The van der Waals surface area contributed by atoms with E-state index in [1.54, 1.807) is 45.9 Å². The van der Waals surface area contributed by atoms with Crippen molar-refractivity contribution in [1.29, 1.82) is 0 Å². The van der Waals surface area contributed by atoms with Gasteiger partial charge in [-0.2, -0.15) is 0 Å². The van der Waals surface area contributed by atoms with Gasteiger partial charge in [-0.15, -0.1) is 0 Å². The van der Waals surface area contributed by atoms with Crippen molar-refractivity contribution in [2.24, 2.45) is 0 Å². The highest BCUT2D eigenvalue weighted by Gasteiger charge is 2.41. The lowest BCUT2D eigenvalue weighted by Crippen LogP contribution is -2.60. The minimum atomic E-state index is -1.49. The molecule has 0 radical (unpaired) electrons. The van der Waals surface area contributed by atoms with Crippen LogP contribution in [0.25, 0.3) is 0 Å². The summed E-state index contributed by atoms with van der Waals surface area (Å²) in [7, 11) is 3.03. The lowest BCUT2D eigenvalue weighted by Gasteiger charge is -2.33. The maximum atomic E-state index is 11.9. The molecule has 26 heavy (non-hydrogen) atoms. The highest BCUT2D eigenvalue weighted by molar-refractivity contribution is 5.80. The van der Waals surface area contributed by atoms with Crippen LogP contribution in [0.3, 0.4) is 0 Å². The Kier molecular flexibility index (Phi) is 6.86. The molecule has 0 saturated carbocycles. The predicted molar refractivity (Wildman–Crippen MR) is 96.5 cm³/mol. The number of carbonyl (C=O) groups excluding carboxylic acids is 1. The van der Waals surface area contributed by atoms with Crippen LogP contribution in [0.4, 0.5) is 4.79 Å². The van der Waals surface area contributed by atoms with Crippen molar-refractivity contribution in [3.8, 4) is 11.5 Å². The topological polar surface area (TPSA) is 106 Å². The van der Waals surface area contributed by atoms with Crippen LogP contribution in [-0.2, 0) is 9.53 Å². The third kappa shape index (κ3) is 5.26. The Morgan fingerprint density at radius 1 is 1.08 bits per heavy atom. The van der Waals surface area contributed by atoms with Crippen molar-refractivity contribution in [3.05, 3.63) is 23.8 Å². The number of ether oxygens (including phenoxy) is 3. The standard InChI is InChI=1S/C18H28N2O6/c1-11(12-8-9-13(24-6)14(10-12)25-7)18(5,15(21)22)20-19-16(23)26-17(2,3)4/h8-11,20H,1-7H3,(H,19,23)(H,21,22). The molecule has 0 heterocycles. The maximum absolute atomic E-state index is 11.9. The van der Waals surface area contributed by atoms with Gasteiger partial charge >= 0.3 is 12.1 Å². The first kappa shape index (κ1) is 21.6. The Hall–Kier alpha value is -2.48. The van der Waals surface area contributed by atoms with Crippen LogP contribution in [0.5, 0.6) is 11.5 Å². The molecule has 1 aromatic carbocycles. The Balaban J connectivity index is 3.04. The third-order valence-electron chi connectivity index (χ3n) is 4.04. The molecule has 0 fully saturated rings. The molecule has 2 atom stereocenters. The molecular formula is C18H28N2O6. The van der Waals surface area contributed by atoms with Crippen LogP contribution < -0.4 is 20.3 Å². The van der Waals surface area contributed by atoms with Gasteiger partial charge in [0.1, 0.15) is 11.1 Å². The van der Waals surface area contributed by atoms with Crippen LogP contribution >= 0.6 is 0 Å². The number of hydrogen-bond donors (Lipinski definition) is 3. The van der Waals surface area contributed by atoms with Crippen molar-refractivity contribution in [1.82, 2.24) is 10.9 Å². The summed E-state index contributed by atoms with van der Waals surface area (Å²) in [5.74, 6) is -0.615. The monoisotopic (exact) mass is 368 g/mol. The number of benzene rings is 1. The molecule has 0 saturated heterocycles. The molecule has 1 amide bonds. The zero-order valence-corrected chi connectivity index (χ0v) is 16.3. The number of rotatable bonds is 7. The van der Waals surface area contributed by atoms with Gasteiger partial charge in [0.25, 0.3) is 0 Å². The summed E-state index contributed by atoms with van der Waals surface area (Å²) in [5, 5.41) is 9.73. The second-order valence-corrected chi connectivity index (χ2v) is 7.10. The molecule has 3 N–H and O–H groups in total. The summed E-state index contributed by atoms with van der Waals surface area (Å²) in [6, 6.07) is 5.16. The van der Waals surface area contributed by atoms with Gasteiger partial charge in [0.15, 0.2) is 11.5 Å². The van der Waals surface area contributed by atoms with E-state index in [9.17, 15) is 14.7 Å². The normalized spacial score (nSPS) is 14.7. The fourth-order valence-corrected chi connectivity index (χ4v) is 2.29. The SMILES string of the molecule is COc1ccc(C(C)C(C)(NNC(=O)OC(C)(C)C)C(=O)O)cc1OC. The molecule has 0 spiro atoms. The van der Waals surface area contributed by atoms with Gasteiger partial charge in [0.05, 0.1) is 14.2 Å². The van der Waals surface area contributed by atoms with E-state index in [-0.39, 0.29) is 0 Å². The number of carboxylic acid groups (broad SMARTS) is 1. The predicted octanol–water partition coefficient (Wildman–Crippen LogP) is 2.68. The summed E-state index contributed by atoms with van der Waals surface area (Å²) in [6.45, 7) is 8.37. The van der Waals surface area contributed by atoms with E-state index in [1.165, 1.54) is 21.1 Å². The number of methoxy groups -OCH3 is 2. The van der Waals surface area contributed by atoms with E-state index in [0.29, 0.717) is 17.1 Å². The highest BCUT2D eigenvalue weighted by atomic mass is 16.6. The van der Waals surface area contributed by atoms with Gasteiger partial charge in [-0.1, -0.05) is 13.0 Å². The Morgan fingerprint density at radius 3 is 2.12 bits per heavy atom. The third-order valence-corrected chi connectivity index (χ3v) is 4.04. The average molecular weight is 368 g/mol. The van der Waals surface area contributed by atoms with Crippen molar-refractivity contribution in [2.75, 3.05) is 14.2 Å². The minimum absolute atomic E-state index is 0.490. The Morgan fingerprint density at radius 2 is 1.65 bits per heavy atom. The first-order valence-corrected chi connectivity index (χ1v) is 8.16. The summed E-state index contributed by atoms with van der Waals surface area (Å²) in [6.07, 6.45) is -0.760. The zero-order chi connectivity index (χ0) is 20.1. The summed E-state index contributed by atoms with van der Waals surface area (Å²) in [4.78, 5) is 23.7. The number of amides is 1. The molecular weight excluding hydrogens is 340 g/mol. The van der Waals surface area contributed by atoms with E-state index >= 15 is 0 Å². The van der Waals surface area contributed by atoms with E-state index in [2.05, 4.69) is 10.9 Å². The van der Waals surface area contributed by atoms with Crippen LogP contribution in [0.2, 0.25) is 0 Å². The molecule has 1 aromatic rings. The summed E-state index contributed by atoms with van der Waals surface area (Å²) < 4.78 is 15.6. The van der Waals surface area contributed by atoms with E-state index < -0.39 is 29.1 Å². The van der Waals surface area contributed by atoms with Crippen molar-refractivity contribution in [3.63, 3.8) is 0 Å². The molecule has 8 heteroatoms. The van der Waals surface area contributed by atoms with Gasteiger partial charge in [0.2, 0.25) is 0 Å². The molecule has 1 rings (SSSR count). The first-order chi connectivity index (χ1) is 11.9. The molecule has 0 aliphatic rings. The number of hydrogen-bond acceptors (Lipinski definition) is 6. The van der Waals surface area contributed by atoms with Crippen LogP contribution in [0.1, 0.15) is 46.1 Å². The van der Waals surface area contributed by atoms with E-state index in [1.807, 2.05) is 0 Å². The first-order valence-electron chi connectivity index (χ1n) is 8.16. The average Bonchev–Trinajstić information content (AvgIpc) is 2.56. The van der Waals surface area contributed by atoms with Crippen molar-refractivity contribution >= 4 is 12.1 Å². The summed E-state index contributed by atoms with van der Waals surface area (Å²) >= 11 is 0. The molecule has 0 aromatic heterocycles. The number of carboxylic acids is 1. The fourth-order valence-electron chi connectivity index (χ4n) is 2.29. The summed E-state index contributed by atoms with van der Waals surface area (Å²) in [5.41, 5.74) is 3.42. The van der Waals surface area contributed by atoms with Gasteiger partial charge in [-0.25, -0.2) is 10.2 Å². The second-order valence-electron chi connectivity index (χ2n) is 7.10. The smallest absolute Gasteiger partial charge is 0.422 e. The van der Waals surface area contributed by atoms with Crippen LogP contribution in [0, 0.1) is 0 Å². The fraction of sp³-hybridized carbons (Fsp3) is 0.556. The molecule has 2 unspecified atom stereocenters. The molecule has 0 aliphatic heterocycles. The van der Waals surface area contributed by atoms with Gasteiger partial charge in [-0.05, 0) is 45.4 Å². The van der Waals surface area contributed by atoms with Gasteiger partial charge < -0.3 is 19.3 Å². The van der Waals surface area contributed by atoms with Crippen LogP contribution in [0.15, 0.2) is 18.2 Å². The number of hydrazine groups is 1. The zero-order valence-electron chi connectivity index (χ0n) is 16.3. The Bertz CT molecular complexity index is 656. The van der Waals surface area contributed by atoms with E-state index in [0.717, 1.165) is 0 Å². The number of nitrogens with one attached hydrogen (secondary N) is 2. The molecule has 0 bridgehead atoms. The Labute approximate surface area is 153 Å². The number of carbonyl (C=O) groups is 2. The highest BCUT2D eigenvalue weighted by Crippen LogP contribution is 2.34. The van der Waals surface area contributed by atoms with Crippen LogP contribution in [-0.4, -0.2) is 42.5 Å². The van der Waals surface area contributed by atoms with Crippen molar-refractivity contribution < 1.29 is 28.9 Å². The minimum Gasteiger partial charge on any atom is -0.493 e. The largest absolute Gasteiger partial charge is 0.493 e. The lowest BCUT2D eigenvalue weighted by molar-refractivity contribution is -0.145. The lowest BCUT2D eigenvalue weighted by atomic mass is 9.82. The molecule has 8 nitrogen and oxygen atoms in total. The van der Waals surface area contributed by atoms with E-state index in [4.69, 9.17) is 14.2 Å². The quantitative estimate of drug-likeness (QED) is 0.635. The molecule has 146 valence electrons. The molecule has 0 aliphatic carbocycles.